The van der Waals surface area contributed by atoms with Gasteiger partial charge in [0.15, 0.2) is 0 Å². The van der Waals surface area contributed by atoms with Crippen molar-refractivity contribution in [2.45, 2.75) is 25.9 Å². The Labute approximate surface area is 124 Å². The molecule has 1 unspecified atom stereocenters. The summed E-state index contributed by atoms with van der Waals surface area (Å²) in [5, 5.41) is 13.2. The molecule has 0 radical (unpaired) electrons. The number of benzene rings is 2. The predicted molar refractivity (Wildman–Crippen MR) is 81.0 cm³/mol. The summed E-state index contributed by atoms with van der Waals surface area (Å²) in [5.74, 6) is 0.330. The molecular weight excluding hydrogens is 269 g/mol. The van der Waals surface area contributed by atoms with Gasteiger partial charge in [0.1, 0.15) is 17.3 Å². The zero-order chi connectivity index (χ0) is 15.4. The van der Waals surface area contributed by atoms with Gasteiger partial charge in [0.05, 0.1) is 7.11 Å². The molecule has 2 rings (SSSR count). The van der Waals surface area contributed by atoms with Crippen LogP contribution in [-0.4, -0.2) is 12.2 Å². The monoisotopic (exact) mass is 289 g/mol. The van der Waals surface area contributed by atoms with Crippen molar-refractivity contribution in [2.24, 2.45) is 0 Å². The van der Waals surface area contributed by atoms with Crippen LogP contribution in [0.2, 0.25) is 0 Å². The second kappa shape index (κ2) is 6.59. The molecule has 112 valence electrons. The SMILES string of the molecule is COc1ccccc1[C@@H](C)NC(C)c1ccc(F)cc1O. The van der Waals surface area contributed by atoms with Crippen molar-refractivity contribution in [1.82, 2.24) is 5.32 Å². The fraction of sp³-hybridized carbons (Fsp3) is 0.294. The molecule has 4 heteroatoms. The highest BCUT2D eigenvalue weighted by molar-refractivity contribution is 5.37. The molecule has 0 spiro atoms. The van der Waals surface area contributed by atoms with E-state index < -0.39 is 5.82 Å². The van der Waals surface area contributed by atoms with Crippen LogP contribution >= 0.6 is 0 Å². The zero-order valence-corrected chi connectivity index (χ0v) is 12.4. The highest BCUT2D eigenvalue weighted by atomic mass is 19.1. The van der Waals surface area contributed by atoms with E-state index in [-0.39, 0.29) is 17.8 Å². The summed E-state index contributed by atoms with van der Waals surface area (Å²) in [5.41, 5.74) is 1.70. The molecule has 0 heterocycles. The minimum Gasteiger partial charge on any atom is -0.508 e. The van der Waals surface area contributed by atoms with Crippen molar-refractivity contribution in [3.05, 3.63) is 59.4 Å². The Hall–Kier alpha value is -2.07. The van der Waals surface area contributed by atoms with E-state index in [9.17, 15) is 9.50 Å². The summed E-state index contributed by atoms with van der Waals surface area (Å²) in [6, 6.07) is 11.8. The number of rotatable bonds is 5. The van der Waals surface area contributed by atoms with Crippen LogP contribution in [-0.2, 0) is 0 Å². The normalized spacial score (nSPS) is 13.7. The first kappa shape index (κ1) is 15.3. The van der Waals surface area contributed by atoms with E-state index in [0.717, 1.165) is 17.4 Å². The van der Waals surface area contributed by atoms with Crippen LogP contribution < -0.4 is 10.1 Å². The quantitative estimate of drug-likeness (QED) is 0.875. The number of hydrogen-bond donors (Lipinski definition) is 2. The van der Waals surface area contributed by atoms with E-state index in [2.05, 4.69) is 5.32 Å². The minimum absolute atomic E-state index is 0.0283. The van der Waals surface area contributed by atoms with Crippen molar-refractivity contribution in [1.29, 1.82) is 0 Å². The molecule has 0 saturated carbocycles. The first-order valence-corrected chi connectivity index (χ1v) is 6.90. The van der Waals surface area contributed by atoms with E-state index in [0.29, 0.717) is 5.56 Å². The highest BCUT2D eigenvalue weighted by Crippen LogP contribution is 2.29. The average molecular weight is 289 g/mol. The number of para-hydroxylation sites is 1. The molecule has 0 fully saturated rings. The van der Waals surface area contributed by atoms with Crippen molar-refractivity contribution in [3.63, 3.8) is 0 Å². The molecule has 2 aromatic carbocycles. The molecule has 0 bridgehead atoms. The van der Waals surface area contributed by atoms with Gasteiger partial charge in [-0.2, -0.15) is 0 Å². The fourth-order valence-corrected chi connectivity index (χ4v) is 2.46. The lowest BCUT2D eigenvalue weighted by Crippen LogP contribution is -2.23. The average Bonchev–Trinajstić information content (AvgIpc) is 2.46. The van der Waals surface area contributed by atoms with Crippen LogP contribution in [0.15, 0.2) is 42.5 Å². The molecule has 3 nitrogen and oxygen atoms in total. The fourth-order valence-electron chi connectivity index (χ4n) is 2.46. The van der Waals surface area contributed by atoms with E-state index in [1.54, 1.807) is 13.2 Å². The van der Waals surface area contributed by atoms with E-state index in [1.807, 2.05) is 38.1 Å². The van der Waals surface area contributed by atoms with Gasteiger partial charge >= 0.3 is 0 Å². The third-order valence-corrected chi connectivity index (χ3v) is 3.56. The molecule has 2 atom stereocenters. The molecule has 0 saturated heterocycles. The molecule has 0 aliphatic carbocycles. The Kier molecular flexibility index (Phi) is 4.81. The predicted octanol–water partition coefficient (Wildman–Crippen LogP) is 3.95. The number of methoxy groups -OCH3 is 1. The Morgan fingerprint density at radius 1 is 1.05 bits per heavy atom. The first-order valence-electron chi connectivity index (χ1n) is 6.90. The van der Waals surface area contributed by atoms with Gasteiger partial charge in [-0.15, -0.1) is 0 Å². The summed E-state index contributed by atoms with van der Waals surface area (Å²) >= 11 is 0. The van der Waals surface area contributed by atoms with Crippen molar-refractivity contribution >= 4 is 0 Å². The maximum absolute atomic E-state index is 13.0. The van der Waals surface area contributed by atoms with Gasteiger partial charge in [-0.1, -0.05) is 24.3 Å². The van der Waals surface area contributed by atoms with Crippen LogP contribution in [0.1, 0.15) is 37.1 Å². The molecule has 0 aromatic heterocycles. The second-order valence-corrected chi connectivity index (χ2v) is 5.06. The number of halogens is 1. The van der Waals surface area contributed by atoms with E-state index in [1.165, 1.54) is 6.07 Å². The maximum atomic E-state index is 13.0. The maximum Gasteiger partial charge on any atom is 0.126 e. The summed E-state index contributed by atoms with van der Waals surface area (Å²) in [4.78, 5) is 0. The van der Waals surface area contributed by atoms with Crippen molar-refractivity contribution in [2.75, 3.05) is 7.11 Å². The molecular formula is C17H20FNO2. The van der Waals surface area contributed by atoms with Crippen LogP contribution in [0.4, 0.5) is 4.39 Å². The van der Waals surface area contributed by atoms with Crippen LogP contribution in [0.3, 0.4) is 0 Å². The first-order chi connectivity index (χ1) is 10.0. The lowest BCUT2D eigenvalue weighted by atomic mass is 10.0. The number of nitrogens with one attached hydrogen (secondary N) is 1. The number of phenolic OH excluding ortho intramolecular Hbond substituents is 1. The molecule has 0 amide bonds. The Morgan fingerprint density at radius 2 is 1.71 bits per heavy atom. The third-order valence-electron chi connectivity index (χ3n) is 3.56. The summed E-state index contributed by atoms with van der Waals surface area (Å²) < 4.78 is 18.4. The van der Waals surface area contributed by atoms with Crippen LogP contribution in [0.5, 0.6) is 11.5 Å². The molecule has 0 aliphatic rings. The number of ether oxygens (including phenoxy) is 1. The lowest BCUT2D eigenvalue weighted by Gasteiger charge is -2.22. The topological polar surface area (TPSA) is 41.5 Å². The molecule has 0 aliphatic heterocycles. The van der Waals surface area contributed by atoms with E-state index >= 15 is 0 Å². The summed E-state index contributed by atoms with van der Waals surface area (Å²) in [6.07, 6.45) is 0. The zero-order valence-electron chi connectivity index (χ0n) is 12.4. The Morgan fingerprint density at radius 3 is 2.38 bits per heavy atom. The standard InChI is InChI=1S/C17H20FNO2/c1-11(14-9-8-13(18)10-16(14)20)19-12(2)15-6-4-5-7-17(15)21-3/h4-12,19-20H,1-3H3/t11?,12-/m1/s1. The van der Waals surface area contributed by atoms with Gasteiger partial charge in [-0.3, -0.25) is 0 Å². The largest absolute Gasteiger partial charge is 0.508 e. The highest BCUT2D eigenvalue weighted by Gasteiger charge is 2.16. The lowest BCUT2D eigenvalue weighted by molar-refractivity contribution is 0.393. The van der Waals surface area contributed by atoms with Crippen LogP contribution in [0, 0.1) is 5.82 Å². The smallest absolute Gasteiger partial charge is 0.126 e. The molecule has 21 heavy (non-hydrogen) atoms. The number of phenols is 1. The summed E-state index contributed by atoms with van der Waals surface area (Å²) in [7, 11) is 1.64. The number of aromatic hydroxyl groups is 1. The van der Waals surface area contributed by atoms with Gasteiger partial charge in [0.2, 0.25) is 0 Å². The second-order valence-electron chi connectivity index (χ2n) is 5.06. The summed E-state index contributed by atoms with van der Waals surface area (Å²) in [6.45, 7) is 3.95. The van der Waals surface area contributed by atoms with E-state index in [4.69, 9.17) is 4.74 Å². The van der Waals surface area contributed by atoms with Crippen molar-refractivity contribution in [3.8, 4) is 11.5 Å². The minimum atomic E-state index is -0.443. The Balaban J connectivity index is 2.16. The molecule has 2 N–H and O–H groups in total. The molecule has 2 aromatic rings. The van der Waals surface area contributed by atoms with Crippen molar-refractivity contribution < 1.29 is 14.2 Å². The van der Waals surface area contributed by atoms with Gasteiger partial charge < -0.3 is 15.2 Å². The van der Waals surface area contributed by atoms with Gasteiger partial charge in [0.25, 0.3) is 0 Å². The van der Waals surface area contributed by atoms with Gasteiger partial charge in [-0.05, 0) is 26.0 Å². The van der Waals surface area contributed by atoms with Gasteiger partial charge in [0, 0.05) is 29.3 Å². The van der Waals surface area contributed by atoms with Crippen LogP contribution in [0.25, 0.3) is 0 Å². The third kappa shape index (κ3) is 3.52. The Bertz CT molecular complexity index is 615. The number of hydrogen-bond acceptors (Lipinski definition) is 3. The van der Waals surface area contributed by atoms with Gasteiger partial charge in [-0.25, -0.2) is 4.39 Å².